The maximum atomic E-state index is 10.9. The summed E-state index contributed by atoms with van der Waals surface area (Å²) in [4.78, 5) is 19.0. The van der Waals surface area contributed by atoms with Crippen LogP contribution in [-0.2, 0) is 0 Å². The van der Waals surface area contributed by atoms with Gasteiger partial charge in [-0.2, -0.15) is 5.10 Å². The Morgan fingerprint density at radius 1 is 1.09 bits per heavy atom. The summed E-state index contributed by atoms with van der Waals surface area (Å²) in [5.41, 5.74) is 4.34. The molecule has 0 amide bonds. The number of benzene rings is 2. The van der Waals surface area contributed by atoms with Crippen molar-refractivity contribution in [1.29, 1.82) is 0 Å². The van der Waals surface area contributed by atoms with E-state index in [9.17, 15) is 10.1 Å². The number of para-hydroxylation sites is 3. The van der Waals surface area contributed by atoms with Gasteiger partial charge in [-0.05, 0) is 18.2 Å². The molecule has 0 aliphatic rings. The van der Waals surface area contributed by atoms with Gasteiger partial charge in [-0.1, -0.05) is 35.9 Å². The minimum absolute atomic E-state index is 0.0336. The molecule has 0 atom stereocenters. The fraction of sp³-hybridized carbons (Fsp3) is 0. The molecule has 0 aliphatic carbocycles. The van der Waals surface area contributed by atoms with Crippen LogP contribution in [0.3, 0.4) is 0 Å². The number of hydrogen-bond acceptors (Lipinski definition) is 6. The van der Waals surface area contributed by atoms with Crippen molar-refractivity contribution in [3.8, 4) is 0 Å². The van der Waals surface area contributed by atoms with Crippen molar-refractivity contribution < 1.29 is 4.92 Å². The van der Waals surface area contributed by atoms with E-state index in [0.717, 1.165) is 0 Å². The second-order valence-corrected chi connectivity index (χ2v) is 4.90. The minimum Gasteiger partial charge on any atom is -0.259 e. The highest BCUT2D eigenvalue weighted by atomic mass is 35.5. The van der Waals surface area contributed by atoms with Gasteiger partial charge in [-0.25, -0.2) is 9.97 Å². The van der Waals surface area contributed by atoms with E-state index in [0.29, 0.717) is 16.6 Å². The molecule has 114 valence electrons. The zero-order chi connectivity index (χ0) is 16.2. The molecule has 0 saturated heterocycles. The molecule has 0 radical (unpaired) electrons. The van der Waals surface area contributed by atoms with Crippen molar-refractivity contribution in [2.75, 3.05) is 5.43 Å². The molecule has 0 aliphatic heterocycles. The van der Waals surface area contributed by atoms with Gasteiger partial charge < -0.3 is 0 Å². The van der Waals surface area contributed by atoms with Crippen molar-refractivity contribution in [2.24, 2.45) is 5.10 Å². The molecule has 1 N–H and O–H groups in total. The number of nitrogens with one attached hydrogen (secondary N) is 1. The molecule has 3 rings (SSSR count). The van der Waals surface area contributed by atoms with E-state index >= 15 is 0 Å². The quantitative estimate of drug-likeness (QED) is 0.448. The zero-order valence-electron chi connectivity index (χ0n) is 11.7. The average molecular weight is 328 g/mol. The van der Waals surface area contributed by atoms with Gasteiger partial charge in [-0.3, -0.25) is 15.5 Å². The van der Waals surface area contributed by atoms with Crippen LogP contribution in [0, 0.1) is 10.1 Å². The van der Waals surface area contributed by atoms with Gasteiger partial charge in [-0.15, -0.1) is 0 Å². The molecule has 0 saturated carbocycles. The van der Waals surface area contributed by atoms with Crippen LogP contribution in [0.2, 0.25) is 5.15 Å². The Bertz CT molecular complexity index is 913. The number of hydrogen-bond donors (Lipinski definition) is 1. The van der Waals surface area contributed by atoms with E-state index in [1.807, 2.05) is 12.1 Å². The van der Waals surface area contributed by atoms with Gasteiger partial charge in [0.2, 0.25) is 0 Å². The molecule has 0 unspecified atom stereocenters. The van der Waals surface area contributed by atoms with Crippen molar-refractivity contribution in [3.05, 3.63) is 69.4 Å². The summed E-state index contributed by atoms with van der Waals surface area (Å²) in [5.74, 6) is 0.278. The van der Waals surface area contributed by atoms with Crippen LogP contribution in [0.5, 0.6) is 0 Å². The van der Waals surface area contributed by atoms with E-state index in [4.69, 9.17) is 11.6 Å². The zero-order valence-corrected chi connectivity index (χ0v) is 12.4. The molecule has 7 nitrogen and oxygen atoms in total. The second kappa shape index (κ2) is 6.37. The Balaban J connectivity index is 1.86. The molecule has 8 heteroatoms. The third-order valence-corrected chi connectivity index (χ3v) is 3.30. The SMILES string of the molecule is O=[N+]([O-])c1ccccc1/C=N/Nc1nc2ccccc2nc1Cl. The van der Waals surface area contributed by atoms with Crippen LogP contribution >= 0.6 is 11.6 Å². The maximum absolute atomic E-state index is 10.9. The number of hydrazone groups is 1. The Morgan fingerprint density at radius 2 is 1.74 bits per heavy atom. The minimum atomic E-state index is -0.468. The normalized spacial score (nSPS) is 11.0. The number of nitro groups is 1. The number of aromatic nitrogens is 2. The average Bonchev–Trinajstić information content (AvgIpc) is 2.55. The molecule has 0 fully saturated rings. The van der Waals surface area contributed by atoms with Gasteiger partial charge in [0.25, 0.3) is 5.69 Å². The molecule has 1 aromatic heterocycles. The fourth-order valence-electron chi connectivity index (χ4n) is 1.98. The number of nitro benzene ring substituents is 1. The number of halogens is 1. The molecule has 1 heterocycles. The molecular weight excluding hydrogens is 318 g/mol. The summed E-state index contributed by atoms with van der Waals surface area (Å²) in [6.45, 7) is 0. The second-order valence-electron chi connectivity index (χ2n) is 4.54. The summed E-state index contributed by atoms with van der Waals surface area (Å²) in [6, 6.07) is 13.6. The van der Waals surface area contributed by atoms with Gasteiger partial charge in [0.1, 0.15) is 0 Å². The maximum Gasteiger partial charge on any atom is 0.278 e. The largest absolute Gasteiger partial charge is 0.278 e. The van der Waals surface area contributed by atoms with E-state index in [2.05, 4.69) is 20.5 Å². The predicted molar refractivity (Wildman–Crippen MR) is 88.9 cm³/mol. The van der Waals surface area contributed by atoms with Crippen LogP contribution < -0.4 is 5.43 Å². The topological polar surface area (TPSA) is 93.3 Å². The molecule has 0 spiro atoms. The van der Waals surface area contributed by atoms with E-state index in [-0.39, 0.29) is 16.7 Å². The first-order chi connectivity index (χ1) is 11.1. The van der Waals surface area contributed by atoms with Gasteiger partial charge >= 0.3 is 0 Å². The van der Waals surface area contributed by atoms with Crippen LogP contribution in [0.25, 0.3) is 11.0 Å². The molecule has 3 aromatic rings. The van der Waals surface area contributed by atoms with Crippen molar-refractivity contribution in [3.63, 3.8) is 0 Å². The van der Waals surface area contributed by atoms with Crippen molar-refractivity contribution in [1.82, 2.24) is 9.97 Å². The standard InChI is InChI=1S/C15H10ClN5O2/c16-14-15(19-12-7-3-2-6-11(12)18-14)20-17-9-10-5-1-4-8-13(10)21(22)23/h1-9H,(H,19,20)/b17-9+. The lowest BCUT2D eigenvalue weighted by Gasteiger charge is -2.04. The third-order valence-electron chi connectivity index (χ3n) is 3.04. The molecular formula is C15H10ClN5O2. The first-order valence-electron chi connectivity index (χ1n) is 6.60. The molecule has 0 bridgehead atoms. The van der Waals surface area contributed by atoms with Crippen molar-refractivity contribution >= 4 is 40.4 Å². The summed E-state index contributed by atoms with van der Waals surface area (Å²) < 4.78 is 0. The van der Waals surface area contributed by atoms with Gasteiger partial charge in [0, 0.05) is 6.07 Å². The Morgan fingerprint density at radius 3 is 2.48 bits per heavy atom. The van der Waals surface area contributed by atoms with E-state index < -0.39 is 4.92 Å². The van der Waals surface area contributed by atoms with E-state index in [1.165, 1.54) is 12.3 Å². The van der Waals surface area contributed by atoms with Crippen LogP contribution in [0.4, 0.5) is 11.5 Å². The molecule has 23 heavy (non-hydrogen) atoms. The predicted octanol–water partition coefficient (Wildman–Crippen LogP) is 3.64. The Kier molecular flexibility index (Phi) is 4.11. The number of fused-ring (bicyclic) bond motifs is 1. The highest BCUT2D eigenvalue weighted by molar-refractivity contribution is 6.32. The third kappa shape index (κ3) is 3.24. The van der Waals surface area contributed by atoms with Crippen LogP contribution in [-0.4, -0.2) is 21.1 Å². The van der Waals surface area contributed by atoms with Gasteiger partial charge in [0.15, 0.2) is 11.0 Å². The first kappa shape index (κ1) is 14.9. The lowest BCUT2D eigenvalue weighted by atomic mass is 10.2. The molecule has 2 aromatic carbocycles. The van der Waals surface area contributed by atoms with Crippen LogP contribution in [0.15, 0.2) is 53.6 Å². The number of anilines is 1. The van der Waals surface area contributed by atoms with E-state index in [1.54, 1.807) is 30.3 Å². The summed E-state index contributed by atoms with van der Waals surface area (Å²) in [6.07, 6.45) is 1.34. The van der Waals surface area contributed by atoms with Gasteiger partial charge in [0.05, 0.1) is 27.7 Å². The summed E-state index contributed by atoms with van der Waals surface area (Å²) in [7, 11) is 0. The highest BCUT2D eigenvalue weighted by Gasteiger charge is 2.10. The fourth-order valence-corrected chi connectivity index (χ4v) is 2.15. The highest BCUT2D eigenvalue weighted by Crippen LogP contribution is 2.21. The Labute approximate surface area is 135 Å². The lowest BCUT2D eigenvalue weighted by Crippen LogP contribution is -1.99. The number of nitrogens with zero attached hydrogens (tertiary/aromatic N) is 4. The summed E-state index contributed by atoms with van der Waals surface area (Å²) >= 11 is 6.05. The number of rotatable bonds is 4. The Hall–Kier alpha value is -3.06. The smallest absolute Gasteiger partial charge is 0.259 e. The summed E-state index contributed by atoms with van der Waals surface area (Å²) in [5, 5.41) is 15.1. The first-order valence-corrected chi connectivity index (χ1v) is 6.98. The monoisotopic (exact) mass is 327 g/mol. The van der Waals surface area contributed by atoms with Crippen molar-refractivity contribution in [2.45, 2.75) is 0 Å². The van der Waals surface area contributed by atoms with Crippen LogP contribution in [0.1, 0.15) is 5.56 Å². The lowest BCUT2D eigenvalue weighted by molar-refractivity contribution is -0.385.